The van der Waals surface area contributed by atoms with Gasteiger partial charge in [0, 0.05) is 25.3 Å². The maximum atomic E-state index is 13.5. The molecule has 0 bridgehead atoms. The molecular formula is C16H28FN3. The van der Waals surface area contributed by atoms with Crippen LogP contribution in [0.15, 0.2) is 18.2 Å². The average molecular weight is 281 g/mol. The lowest BCUT2D eigenvalue weighted by molar-refractivity contribution is 0.401. The van der Waals surface area contributed by atoms with Crippen LogP contribution in [0.25, 0.3) is 0 Å². The van der Waals surface area contributed by atoms with Crippen molar-refractivity contribution in [3.05, 3.63) is 29.6 Å². The third kappa shape index (κ3) is 5.47. The lowest BCUT2D eigenvalue weighted by Gasteiger charge is -2.24. The lowest BCUT2D eigenvalue weighted by atomic mass is 10.0. The molecule has 2 N–H and O–H groups in total. The second-order valence-corrected chi connectivity index (χ2v) is 5.72. The average Bonchev–Trinajstić information content (AvgIpc) is 2.38. The monoisotopic (exact) mass is 281 g/mol. The van der Waals surface area contributed by atoms with Crippen molar-refractivity contribution in [1.82, 2.24) is 4.90 Å². The quantitative estimate of drug-likeness (QED) is 0.794. The molecule has 1 unspecified atom stereocenters. The Morgan fingerprint density at radius 3 is 2.50 bits per heavy atom. The van der Waals surface area contributed by atoms with E-state index in [1.165, 1.54) is 6.07 Å². The van der Waals surface area contributed by atoms with E-state index >= 15 is 0 Å². The molecule has 1 aromatic carbocycles. The summed E-state index contributed by atoms with van der Waals surface area (Å²) in [7, 11) is 6.21. The number of halogens is 1. The zero-order valence-electron chi connectivity index (χ0n) is 13.2. The third-order valence-electron chi connectivity index (χ3n) is 3.56. The van der Waals surface area contributed by atoms with E-state index in [1.54, 1.807) is 6.07 Å². The number of rotatable bonds is 8. The minimum atomic E-state index is -0.186. The van der Waals surface area contributed by atoms with Gasteiger partial charge in [-0.2, -0.15) is 0 Å². The second kappa shape index (κ2) is 8.22. The van der Waals surface area contributed by atoms with Crippen molar-refractivity contribution < 1.29 is 4.39 Å². The van der Waals surface area contributed by atoms with Gasteiger partial charge in [-0.15, -0.1) is 0 Å². The van der Waals surface area contributed by atoms with Gasteiger partial charge in [0.1, 0.15) is 5.82 Å². The number of hydrogen-bond donors (Lipinski definition) is 1. The predicted octanol–water partition coefficient (Wildman–Crippen LogP) is 2.49. The number of benzene rings is 1. The Morgan fingerprint density at radius 1 is 1.20 bits per heavy atom. The van der Waals surface area contributed by atoms with Crippen molar-refractivity contribution >= 4 is 5.69 Å². The summed E-state index contributed by atoms with van der Waals surface area (Å²) in [5.74, 6) is -0.186. The molecular weight excluding hydrogens is 253 g/mol. The van der Waals surface area contributed by atoms with Crippen molar-refractivity contribution in [2.24, 2.45) is 5.73 Å². The molecule has 0 saturated carbocycles. The fraction of sp³-hybridized carbons (Fsp3) is 0.625. The molecule has 0 heterocycles. The van der Waals surface area contributed by atoms with E-state index in [1.807, 2.05) is 6.07 Å². The number of anilines is 1. The summed E-state index contributed by atoms with van der Waals surface area (Å²) >= 11 is 0. The summed E-state index contributed by atoms with van der Waals surface area (Å²) in [6, 6.07) is 5.10. The topological polar surface area (TPSA) is 32.5 Å². The molecule has 0 aliphatic heterocycles. The second-order valence-electron chi connectivity index (χ2n) is 5.72. The van der Waals surface area contributed by atoms with Gasteiger partial charge in [-0.25, -0.2) is 4.39 Å². The highest BCUT2D eigenvalue weighted by Crippen LogP contribution is 2.22. The minimum absolute atomic E-state index is 0.0886. The van der Waals surface area contributed by atoms with E-state index in [-0.39, 0.29) is 11.9 Å². The molecule has 0 amide bonds. The first-order chi connectivity index (χ1) is 9.43. The molecule has 1 aromatic rings. The van der Waals surface area contributed by atoms with E-state index in [0.29, 0.717) is 0 Å². The highest BCUT2D eigenvalue weighted by Gasteiger charge is 2.11. The van der Waals surface area contributed by atoms with Gasteiger partial charge < -0.3 is 15.5 Å². The van der Waals surface area contributed by atoms with Crippen molar-refractivity contribution in [3.63, 3.8) is 0 Å². The maximum absolute atomic E-state index is 13.5. The van der Waals surface area contributed by atoms with Gasteiger partial charge in [0.2, 0.25) is 0 Å². The van der Waals surface area contributed by atoms with Crippen LogP contribution >= 0.6 is 0 Å². The third-order valence-corrected chi connectivity index (χ3v) is 3.56. The van der Waals surface area contributed by atoms with E-state index < -0.39 is 0 Å². The molecule has 0 spiro atoms. The van der Waals surface area contributed by atoms with Crippen molar-refractivity contribution in [3.8, 4) is 0 Å². The molecule has 0 aliphatic carbocycles. The first-order valence-electron chi connectivity index (χ1n) is 7.34. The van der Waals surface area contributed by atoms with Crippen molar-refractivity contribution in [1.29, 1.82) is 0 Å². The molecule has 3 nitrogen and oxygen atoms in total. The normalized spacial score (nSPS) is 12.8. The largest absolute Gasteiger partial charge is 0.374 e. The fourth-order valence-electron chi connectivity index (χ4n) is 2.26. The van der Waals surface area contributed by atoms with Gasteiger partial charge in [-0.1, -0.05) is 6.92 Å². The molecule has 1 atom stereocenters. The van der Waals surface area contributed by atoms with Gasteiger partial charge in [-0.3, -0.25) is 0 Å². The zero-order chi connectivity index (χ0) is 15.1. The molecule has 114 valence electrons. The summed E-state index contributed by atoms with van der Waals surface area (Å²) in [5, 5.41) is 0. The number of nitrogens with two attached hydrogens (primary N) is 1. The van der Waals surface area contributed by atoms with E-state index in [9.17, 15) is 4.39 Å². The minimum Gasteiger partial charge on any atom is -0.374 e. The van der Waals surface area contributed by atoms with Crippen LogP contribution in [-0.2, 0) is 6.42 Å². The first kappa shape index (κ1) is 16.9. The molecule has 4 heteroatoms. The highest BCUT2D eigenvalue weighted by atomic mass is 19.1. The van der Waals surface area contributed by atoms with Crippen LogP contribution in [0.5, 0.6) is 0 Å². The molecule has 0 aliphatic rings. The summed E-state index contributed by atoms with van der Waals surface area (Å²) in [6.07, 6.45) is 2.71. The summed E-state index contributed by atoms with van der Waals surface area (Å²) in [6.45, 7) is 4.07. The van der Waals surface area contributed by atoms with Crippen molar-refractivity contribution in [2.75, 3.05) is 39.1 Å². The molecule has 0 aromatic heterocycles. The zero-order valence-corrected chi connectivity index (χ0v) is 13.2. The van der Waals surface area contributed by atoms with E-state index in [2.05, 4.69) is 37.9 Å². The Kier molecular flexibility index (Phi) is 6.96. The van der Waals surface area contributed by atoms with E-state index in [4.69, 9.17) is 5.73 Å². The molecule has 1 rings (SSSR count). The van der Waals surface area contributed by atoms with Crippen molar-refractivity contribution in [2.45, 2.75) is 32.2 Å². The fourth-order valence-corrected chi connectivity index (χ4v) is 2.26. The van der Waals surface area contributed by atoms with Crippen LogP contribution in [0.3, 0.4) is 0 Å². The van der Waals surface area contributed by atoms with Gasteiger partial charge in [0.25, 0.3) is 0 Å². The van der Waals surface area contributed by atoms with Crippen LogP contribution in [-0.4, -0.2) is 45.2 Å². The molecule has 0 fully saturated rings. The van der Waals surface area contributed by atoms with Gasteiger partial charge >= 0.3 is 0 Å². The van der Waals surface area contributed by atoms with Crippen LogP contribution in [0.4, 0.5) is 10.1 Å². The maximum Gasteiger partial charge on any atom is 0.123 e. The van der Waals surface area contributed by atoms with Gasteiger partial charge in [0.05, 0.1) is 0 Å². The summed E-state index contributed by atoms with van der Waals surface area (Å²) < 4.78 is 13.5. The molecule has 20 heavy (non-hydrogen) atoms. The lowest BCUT2D eigenvalue weighted by Crippen LogP contribution is -2.26. The molecule has 0 radical (unpaired) electrons. The highest BCUT2D eigenvalue weighted by molar-refractivity contribution is 5.53. The van der Waals surface area contributed by atoms with E-state index in [0.717, 1.165) is 43.6 Å². The number of hydrogen-bond acceptors (Lipinski definition) is 3. The first-order valence-corrected chi connectivity index (χ1v) is 7.34. The Morgan fingerprint density at radius 2 is 1.90 bits per heavy atom. The molecule has 0 saturated heterocycles. The standard InChI is InChI=1S/C16H28FN3/c1-5-15(18)12-13-11-14(17)7-8-16(13)20(4)10-6-9-19(2)3/h7-8,11,15H,5-6,9-10,12,18H2,1-4H3. The van der Waals surface area contributed by atoms with Crippen LogP contribution in [0.2, 0.25) is 0 Å². The summed E-state index contributed by atoms with van der Waals surface area (Å²) in [4.78, 5) is 4.37. The Balaban J connectivity index is 2.76. The Hall–Kier alpha value is -1.13. The number of nitrogens with zero attached hydrogens (tertiary/aromatic N) is 2. The predicted molar refractivity (Wildman–Crippen MR) is 84.8 cm³/mol. The summed E-state index contributed by atoms with van der Waals surface area (Å²) in [5.41, 5.74) is 8.11. The smallest absolute Gasteiger partial charge is 0.123 e. The SMILES string of the molecule is CCC(N)Cc1cc(F)ccc1N(C)CCCN(C)C. The van der Waals surface area contributed by atoms with Crippen LogP contribution in [0, 0.1) is 5.82 Å². The Labute approximate surface area is 122 Å². The van der Waals surface area contributed by atoms with Gasteiger partial charge in [-0.05, 0) is 63.7 Å². The van der Waals surface area contributed by atoms with Crippen LogP contribution in [0.1, 0.15) is 25.3 Å². The Bertz CT molecular complexity index is 407. The van der Waals surface area contributed by atoms with Crippen LogP contribution < -0.4 is 10.6 Å². The van der Waals surface area contributed by atoms with Gasteiger partial charge in [0.15, 0.2) is 0 Å².